The summed E-state index contributed by atoms with van der Waals surface area (Å²) in [6, 6.07) is 21.1. The van der Waals surface area contributed by atoms with E-state index >= 15 is 0 Å². The highest BCUT2D eigenvalue weighted by Crippen LogP contribution is 2.34. The SMILES string of the molecule is Cn1c(=O)[nH]c2nccc(Oc3ccc(CC(=O)Cc4cc(C(C)(C)C)nn4-c4ccccc4)c4ncccc34)c21. The third kappa shape index (κ3) is 5.02. The van der Waals surface area contributed by atoms with Gasteiger partial charge in [-0.05, 0) is 42.0 Å². The molecule has 1 N–H and O–H groups in total. The monoisotopic (exact) mass is 546 g/mol. The van der Waals surface area contributed by atoms with Crippen molar-refractivity contribution in [3.8, 4) is 17.2 Å². The Balaban J connectivity index is 1.31. The van der Waals surface area contributed by atoms with Gasteiger partial charge in [-0.25, -0.2) is 14.5 Å². The van der Waals surface area contributed by atoms with E-state index in [0.717, 1.165) is 28.0 Å². The lowest BCUT2D eigenvalue weighted by atomic mass is 9.92. The number of hydrogen-bond acceptors (Lipinski definition) is 6. The number of aromatic amines is 1. The molecular formula is C32H30N6O3. The van der Waals surface area contributed by atoms with Crippen molar-refractivity contribution in [1.29, 1.82) is 0 Å². The molecule has 9 nitrogen and oxygen atoms in total. The van der Waals surface area contributed by atoms with Crippen LogP contribution in [-0.4, -0.2) is 35.1 Å². The Labute approximate surface area is 236 Å². The summed E-state index contributed by atoms with van der Waals surface area (Å²) in [5.74, 6) is 1.12. The van der Waals surface area contributed by atoms with Crippen LogP contribution in [0.5, 0.6) is 11.5 Å². The van der Waals surface area contributed by atoms with Crippen molar-refractivity contribution < 1.29 is 9.53 Å². The van der Waals surface area contributed by atoms with Gasteiger partial charge in [0.2, 0.25) is 0 Å². The van der Waals surface area contributed by atoms with E-state index in [2.05, 4.69) is 35.7 Å². The van der Waals surface area contributed by atoms with E-state index in [1.807, 2.05) is 65.3 Å². The van der Waals surface area contributed by atoms with Crippen molar-refractivity contribution in [2.75, 3.05) is 0 Å². The summed E-state index contributed by atoms with van der Waals surface area (Å²) in [5, 5.41) is 5.62. The van der Waals surface area contributed by atoms with Crippen LogP contribution < -0.4 is 10.4 Å². The van der Waals surface area contributed by atoms with Crippen LogP contribution in [0.25, 0.3) is 27.8 Å². The Bertz CT molecular complexity index is 1960. The second kappa shape index (κ2) is 10.2. The standard InChI is InChI=1S/C32H30N6O3/c1-32(2,3)27-19-22(38(36-27)21-9-6-5-7-10-21)18-23(39)17-20-12-13-25(24-11-8-15-33-28(20)24)41-26-14-16-34-30-29(26)37(4)31(40)35-30/h5-16,19H,17-18H2,1-4H3,(H,34,35,40). The number of pyridine rings is 2. The lowest BCUT2D eigenvalue weighted by molar-refractivity contribution is -0.117. The van der Waals surface area contributed by atoms with Crippen molar-refractivity contribution >= 4 is 27.9 Å². The van der Waals surface area contributed by atoms with Gasteiger partial charge in [0.1, 0.15) is 17.0 Å². The number of Topliss-reactive ketones (excluding diaryl/α,β-unsaturated/α-hetero) is 1. The number of fused-ring (bicyclic) bond motifs is 2. The lowest BCUT2D eigenvalue weighted by Gasteiger charge is -2.14. The number of aromatic nitrogens is 6. The van der Waals surface area contributed by atoms with E-state index in [9.17, 15) is 9.59 Å². The van der Waals surface area contributed by atoms with E-state index in [4.69, 9.17) is 9.84 Å². The Morgan fingerprint density at radius 1 is 0.927 bits per heavy atom. The van der Waals surface area contributed by atoms with Crippen molar-refractivity contribution in [1.82, 2.24) is 29.3 Å². The number of ketones is 1. The van der Waals surface area contributed by atoms with E-state index in [1.165, 1.54) is 4.57 Å². The summed E-state index contributed by atoms with van der Waals surface area (Å²) < 4.78 is 9.64. The van der Waals surface area contributed by atoms with Gasteiger partial charge in [0.15, 0.2) is 11.4 Å². The second-order valence-electron chi connectivity index (χ2n) is 11.1. The number of imidazole rings is 1. The molecule has 0 spiro atoms. The van der Waals surface area contributed by atoms with Crippen LogP contribution in [0.3, 0.4) is 0 Å². The molecule has 6 rings (SSSR count). The molecule has 0 radical (unpaired) electrons. The predicted molar refractivity (Wildman–Crippen MR) is 158 cm³/mol. The Hall–Kier alpha value is -5.05. The zero-order valence-electron chi connectivity index (χ0n) is 23.4. The van der Waals surface area contributed by atoms with Gasteiger partial charge in [0, 0.05) is 49.2 Å². The van der Waals surface area contributed by atoms with Crippen LogP contribution in [0.15, 0.2) is 83.9 Å². The van der Waals surface area contributed by atoms with Gasteiger partial charge in [0.25, 0.3) is 0 Å². The first-order chi connectivity index (χ1) is 19.7. The van der Waals surface area contributed by atoms with E-state index in [-0.39, 0.29) is 29.7 Å². The number of hydrogen-bond donors (Lipinski definition) is 1. The molecule has 0 bridgehead atoms. The number of H-pyrrole nitrogens is 1. The average Bonchev–Trinajstić information content (AvgIpc) is 3.51. The van der Waals surface area contributed by atoms with Gasteiger partial charge in [-0.1, -0.05) is 45.0 Å². The molecule has 4 heterocycles. The number of rotatable bonds is 7. The molecule has 4 aromatic heterocycles. The smallest absolute Gasteiger partial charge is 0.327 e. The molecule has 0 aliphatic heterocycles. The predicted octanol–water partition coefficient (Wildman–Crippen LogP) is 5.44. The Morgan fingerprint density at radius 2 is 1.73 bits per heavy atom. The molecule has 0 aliphatic carbocycles. The highest BCUT2D eigenvalue weighted by atomic mass is 16.5. The summed E-state index contributed by atoms with van der Waals surface area (Å²) in [6.45, 7) is 6.35. The molecule has 9 heteroatoms. The quantitative estimate of drug-likeness (QED) is 0.286. The van der Waals surface area contributed by atoms with Crippen LogP contribution >= 0.6 is 0 Å². The Kier molecular flexibility index (Phi) is 6.49. The van der Waals surface area contributed by atoms with Crippen molar-refractivity contribution in [3.05, 3.63) is 107 Å². The van der Waals surface area contributed by atoms with Crippen LogP contribution in [0.4, 0.5) is 0 Å². The molecular weight excluding hydrogens is 516 g/mol. The molecule has 41 heavy (non-hydrogen) atoms. The summed E-state index contributed by atoms with van der Waals surface area (Å²) in [6.07, 6.45) is 3.75. The van der Waals surface area contributed by atoms with Crippen molar-refractivity contribution in [2.45, 2.75) is 39.0 Å². The van der Waals surface area contributed by atoms with Crippen LogP contribution in [0, 0.1) is 0 Å². The summed E-state index contributed by atoms with van der Waals surface area (Å²) in [7, 11) is 1.66. The minimum absolute atomic E-state index is 0.0568. The molecule has 0 unspecified atom stereocenters. The maximum Gasteiger partial charge on any atom is 0.327 e. The molecule has 206 valence electrons. The van der Waals surface area contributed by atoms with Gasteiger partial charge in [-0.15, -0.1) is 0 Å². The summed E-state index contributed by atoms with van der Waals surface area (Å²) in [4.78, 5) is 37.2. The first-order valence-corrected chi connectivity index (χ1v) is 13.4. The van der Waals surface area contributed by atoms with E-state index in [0.29, 0.717) is 28.2 Å². The van der Waals surface area contributed by atoms with Crippen LogP contribution in [0.2, 0.25) is 0 Å². The number of ether oxygens (including phenoxy) is 1. The number of benzene rings is 2. The largest absolute Gasteiger partial charge is 0.454 e. The first-order valence-electron chi connectivity index (χ1n) is 13.4. The molecule has 0 saturated heterocycles. The number of carbonyl (C=O) groups excluding carboxylic acids is 1. The number of para-hydroxylation sites is 1. The van der Waals surface area contributed by atoms with E-state index < -0.39 is 0 Å². The molecule has 0 aliphatic rings. The van der Waals surface area contributed by atoms with Crippen LogP contribution in [0.1, 0.15) is 37.7 Å². The fourth-order valence-electron chi connectivity index (χ4n) is 4.96. The molecule has 0 saturated carbocycles. The molecule has 2 aromatic carbocycles. The van der Waals surface area contributed by atoms with Gasteiger partial charge in [-0.3, -0.25) is 19.3 Å². The topological polar surface area (TPSA) is 108 Å². The Morgan fingerprint density at radius 3 is 2.51 bits per heavy atom. The molecule has 6 aromatic rings. The van der Waals surface area contributed by atoms with Crippen molar-refractivity contribution in [3.63, 3.8) is 0 Å². The first kappa shape index (κ1) is 26.2. The molecule has 0 fully saturated rings. The fourth-order valence-corrected chi connectivity index (χ4v) is 4.96. The van der Waals surface area contributed by atoms with Gasteiger partial charge < -0.3 is 4.74 Å². The second-order valence-corrected chi connectivity index (χ2v) is 11.1. The average molecular weight is 547 g/mol. The number of aryl methyl sites for hydroxylation is 1. The minimum Gasteiger partial charge on any atom is -0.454 e. The molecule has 0 atom stereocenters. The van der Waals surface area contributed by atoms with Gasteiger partial charge in [0.05, 0.1) is 22.6 Å². The van der Waals surface area contributed by atoms with E-state index in [1.54, 1.807) is 25.5 Å². The zero-order valence-corrected chi connectivity index (χ0v) is 23.4. The third-order valence-corrected chi connectivity index (χ3v) is 7.10. The number of carbonyl (C=O) groups is 1. The van der Waals surface area contributed by atoms with Crippen LogP contribution in [-0.2, 0) is 30.1 Å². The normalized spacial score (nSPS) is 11.8. The fraction of sp³-hybridized carbons (Fsp3) is 0.219. The van der Waals surface area contributed by atoms with Gasteiger partial charge in [-0.2, -0.15) is 5.10 Å². The highest BCUT2D eigenvalue weighted by molar-refractivity contribution is 5.93. The van der Waals surface area contributed by atoms with Crippen molar-refractivity contribution in [2.24, 2.45) is 7.05 Å². The number of nitrogens with one attached hydrogen (secondary N) is 1. The maximum absolute atomic E-state index is 13.5. The maximum atomic E-state index is 13.5. The zero-order chi connectivity index (χ0) is 28.7. The summed E-state index contributed by atoms with van der Waals surface area (Å²) in [5.41, 5.74) is 4.80. The minimum atomic E-state index is -0.271. The number of nitrogens with zero attached hydrogens (tertiary/aromatic N) is 5. The third-order valence-electron chi connectivity index (χ3n) is 7.10. The summed E-state index contributed by atoms with van der Waals surface area (Å²) >= 11 is 0. The molecule has 0 amide bonds. The highest BCUT2D eigenvalue weighted by Gasteiger charge is 2.22. The van der Waals surface area contributed by atoms with Gasteiger partial charge >= 0.3 is 5.69 Å². The lowest BCUT2D eigenvalue weighted by Crippen LogP contribution is -2.13.